The molecule has 0 aromatic heterocycles. The SMILES string of the molecule is Cc1cc(C)cc(OC(=O)c2cccc(N3C(=O)[C@@H]4[C@@H]5C=C[C@H]([C@H]6C[C@H]56)[C@@H]4C3=O)c2)c1. The monoisotopic (exact) mass is 413 g/mol. The number of hydrogen-bond donors (Lipinski definition) is 0. The summed E-state index contributed by atoms with van der Waals surface area (Å²) in [7, 11) is 0. The van der Waals surface area contributed by atoms with E-state index in [1.54, 1.807) is 36.4 Å². The van der Waals surface area contributed by atoms with E-state index < -0.39 is 5.97 Å². The van der Waals surface area contributed by atoms with Gasteiger partial charge >= 0.3 is 5.97 Å². The Morgan fingerprint density at radius 3 is 2.13 bits per heavy atom. The van der Waals surface area contributed by atoms with Gasteiger partial charge < -0.3 is 4.74 Å². The fourth-order valence-corrected chi connectivity index (χ4v) is 6.14. The second-order valence-electron chi connectivity index (χ2n) is 9.43. The smallest absolute Gasteiger partial charge is 0.343 e. The highest BCUT2D eigenvalue weighted by Gasteiger charge is 2.67. The number of aryl methyl sites for hydroxylation is 2. The predicted octanol–water partition coefficient (Wildman–Crippen LogP) is 4.08. The normalized spacial score (nSPS) is 32.1. The lowest BCUT2D eigenvalue weighted by atomic mass is 9.63. The zero-order chi connectivity index (χ0) is 21.4. The number of allylic oxidation sites excluding steroid dienone is 2. The van der Waals surface area contributed by atoms with Gasteiger partial charge in [-0.25, -0.2) is 9.69 Å². The molecule has 1 saturated heterocycles. The maximum atomic E-state index is 13.3. The summed E-state index contributed by atoms with van der Waals surface area (Å²) in [6.07, 6.45) is 5.45. The number of carbonyl (C=O) groups excluding carboxylic acids is 3. The lowest BCUT2D eigenvalue weighted by Crippen LogP contribution is -2.40. The first kappa shape index (κ1) is 18.6. The van der Waals surface area contributed by atoms with E-state index in [0.29, 0.717) is 28.8 Å². The molecule has 2 aromatic rings. The van der Waals surface area contributed by atoms with Crippen molar-refractivity contribution in [3.63, 3.8) is 0 Å². The molecule has 6 atom stereocenters. The Morgan fingerprint density at radius 2 is 1.52 bits per heavy atom. The molecule has 0 spiro atoms. The third-order valence-electron chi connectivity index (χ3n) is 7.41. The summed E-state index contributed by atoms with van der Waals surface area (Å²) in [6.45, 7) is 3.89. The van der Waals surface area contributed by atoms with E-state index in [1.165, 1.54) is 4.90 Å². The molecule has 0 N–H and O–H groups in total. The van der Waals surface area contributed by atoms with Crippen LogP contribution in [0.4, 0.5) is 5.69 Å². The molecule has 0 radical (unpaired) electrons. The number of ether oxygens (including phenoxy) is 1. The van der Waals surface area contributed by atoms with Gasteiger partial charge in [0.25, 0.3) is 0 Å². The highest BCUT2D eigenvalue weighted by Crippen LogP contribution is 2.65. The summed E-state index contributed by atoms with van der Waals surface area (Å²) in [5, 5.41) is 0. The van der Waals surface area contributed by atoms with Crippen molar-refractivity contribution >= 4 is 23.5 Å². The number of anilines is 1. The summed E-state index contributed by atoms with van der Waals surface area (Å²) in [5.41, 5.74) is 2.78. The third kappa shape index (κ3) is 2.72. The van der Waals surface area contributed by atoms with E-state index in [4.69, 9.17) is 4.74 Å². The second kappa shape index (κ2) is 6.39. The van der Waals surface area contributed by atoms with Crippen LogP contribution in [0.1, 0.15) is 27.9 Å². The molecule has 2 bridgehead atoms. The van der Waals surface area contributed by atoms with Crippen LogP contribution in [0.2, 0.25) is 0 Å². The molecule has 7 rings (SSSR count). The fraction of sp³-hybridized carbons (Fsp3) is 0.346. The lowest BCUT2D eigenvalue weighted by Gasteiger charge is -2.37. The van der Waals surface area contributed by atoms with E-state index in [0.717, 1.165) is 17.5 Å². The Labute approximate surface area is 180 Å². The van der Waals surface area contributed by atoms with Crippen LogP contribution in [0.3, 0.4) is 0 Å². The molecule has 3 fully saturated rings. The van der Waals surface area contributed by atoms with E-state index >= 15 is 0 Å². The van der Waals surface area contributed by atoms with Gasteiger partial charge in [-0.15, -0.1) is 0 Å². The van der Waals surface area contributed by atoms with Gasteiger partial charge in [0.15, 0.2) is 0 Å². The molecule has 31 heavy (non-hydrogen) atoms. The number of nitrogens with zero attached hydrogens (tertiary/aromatic N) is 1. The van der Waals surface area contributed by atoms with E-state index in [9.17, 15) is 14.4 Å². The molecule has 1 aliphatic heterocycles. The molecule has 5 heteroatoms. The van der Waals surface area contributed by atoms with E-state index in [2.05, 4.69) is 12.2 Å². The number of hydrogen-bond acceptors (Lipinski definition) is 4. The van der Waals surface area contributed by atoms with Crippen LogP contribution in [-0.4, -0.2) is 17.8 Å². The number of benzene rings is 2. The lowest BCUT2D eigenvalue weighted by molar-refractivity contribution is -0.124. The largest absolute Gasteiger partial charge is 0.423 e. The van der Waals surface area contributed by atoms with Crippen molar-refractivity contribution in [3.8, 4) is 5.75 Å². The Balaban J connectivity index is 1.28. The minimum absolute atomic E-state index is 0.125. The zero-order valence-electron chi connectivity index (χ0n) is 17.4. The van der Waals surface area contributed by atoms with Crippen LogP contribution >= 0.6 is 0 Å². The molecule has 0 unspecified atom stereocenters. The molecule has 1 heterocycles. The number of carbonyl (C=O) groups is 3. The van der Waals surface area contributed by atoms with Gasteiger partial charge in [0, 0.05) is 0 Å². The summed E-state index contributed by atoms with van der Waals surface area (Å²) < 4.78 is 5.55. The van der Waals surface area contributed by atoms with Crippen LogP contribution < -0.4 is 9.64 Å². The Morgan fingerprint density at radius 1 is 0.903 bits per heavy atom. The van der Waals surface area contributed by atoms with Gasteiger partial charge in [0.2, 0.25) is 11.8 Å². The summed E-state index contributed by atoms with van der Waals surface area (Å²) in [6, 6.07) is 12.3. The summed E-state index contributed by atoms with van der Waals surface area (Å²) in [4.78, 5) is 40.7. The van der Waals surface area contributed by atoms with Crippen molar-refractivity contribution in [2.24, 2.45) is 35.5 Å². The third-order valence-corrected chi connectivity index (χ3v) is 7.41. The van der Waals surface area contributed by atoms with Crippen molar-refractivity contribution in [1.82, 2.24) is 0 Å². The molecular weight excluding hydrogens is 390 g/mol. The zero-order valence-corrected chi connectivity index (χ0v) is 17.4. The molecule has 5 aliphatic rings. The molecule has 156 valence electrons. The first-order valence-corrected chi connectivity index (χ1v) is 10.9. The van der Waals surface area contributed by atoms with Gasteiger partial charge in [-0.3, -0.25) is 9.59 Å². The highest BCUT2D eigenvalue weighted by molar-refractivity contribution is 6.23. The van der Waals surface area contributed by atoms with Crippen molar-refractivity contribution in [2.75, 3.05) is 4.90 Å². The van der Waals surface area contributed by atoms with Crippen LogP contribution in [-0.2, 0) is 9.59 Å². The van der Waals surface area contributed by atoms with Gasteiger partial charge in [-0.05, 0) is 85.4 Å². The number of rotatable bonds is 3. The average molecular weight is 413 g/mol. The van der Waals surface area contributed by atoms with Crippen LogP contribution in [0.15, 0.2) is 54.6 Å². The minimum Gasteiger partial charge on any atom is -0.423 e. The molecule has 4 aliphatic carbocycles. The second-order valence-corrected chi connectivity index (χ2v) is 9.43. The number of amides is 2. The highest BCUT2D eigenvalue weighted by atomic mass is 16.5. The Bertz CT molecular complexity index is 1130. The predicted molar refractivity (Wildman–Crippen MR) is 115 cm³/mol. The average Bonchev–Trinajstić information content (AvgIpc) is 3.51. The quantitative estimate of drug-likeness (QED) is 0.329. The van der Waals surface area contributed by atoms with Crippen LogP contribution in [0, 0.1) is 49.4 Å². The van der Waals surface area contributed by atoms with E-state index in [1.807, 2.05) is 19.9 Å². The maximum absolute atomic E-state index is 13.3. The van der Waals surface area contributed by atoms with Crippen molar-refractivity contribution in [2.45, 2.75) is 20.3 Å². The van der Waals surface area contributed by atoms with Gasteiger partial charge in [0.1, 0.15) is 5.75 Å². The van der Waals surface area contributed by atoms with Crippen molar-refractivity contribution in [3.05, 3.63) is 71.3 Å². The molecular formula is C26H23NO4. The van der Waals surface area contributed by atoms with Gasteiger partial charge in [0.05, 0.1) is 23.1 Å². The first-order valence-electron chi connectivity index (χ1n) is 10.9. The molecule has 2 aromatic carbocycles. The first-order chi connectivity index (χ1) is 14.9. The van der Waals surface area contributed by atoms with Crippen LogP contribution in [0.5, 0.6) is 5.75 Å². The minimum atomic E-state index is -0.508. The molecule has 2 saturated carbocycles. The van der Waals surface area contributed by atoms with E-state index in [-0.39, 0.29) is 35.5 Å². The number of imide groups is 1. The maximum Gasteiger partial charge on any atom is 0.343 e. The van der Waals surface area contributed by atoms with Crippen LogP contribution in [0.25, 0.3) is 0 Å². The Hall–Kier alpha value is -3.21. The van der Waals surface area contributed by atoms with Crippen molar-refractivity contribution < 1.29 is 19.1 Å². The summed E-state index contributed by atoms with van der Waals surface area (Å²) >= 11 is 0. The fourth-order valence-electron chi connectivity index (χ4n) is 6.14. The standard InChI is InChI=1S/C26H23NO4/c1-13-8-14(2)10-17(9-13)31-26(30)15-4-3-5-16(11-15)27-24(28)22-18-6-7-19(21-12-20(18)21)23(22)25(27)29/h3-11,18-23H,12H2,1-2H3/t18-,19-,20-,21-,22-,23+/m1/s1. The Kier molecular flexibility index (Phi) is 3.83. The topological polar surface area (TPSA) is 63.7 Å². The molecule has 2 amide bonds. The summed E-state index contributed by atoms with van der Waals surface area (Å²) in [5.74, 6) is 0.700. The van der Waals surface area contributed by atoms with Gasteiger partial charge in [-0.1, -0.05) is 24.3 Å². The molecule has 5 nitrogen and oxygen atoms in total. The van der Waals surface area contributed by atoms with Gasteiger partial charge in [-0.2, -0.15) is 0 Å². The number of esters is 1. The van der Waals surface area contributed by atoms with Crippen molar-refractivity contribution in [1.29, 1.82) is 0 Å².